The van der Waals surface area contributed by atoms with Crippen LogP contribution in [0.3, 0.4) is 0 Å². The minimum Gasteiger partial charge on any atom is -0.145 e. The Bertz CT molecular complexity index is 342. The van der Waals surface area contributed by atoms with Crippen LogP contribution in [0.25, 0.3) is 0 Å². The van der Waals surface area contributed by atoms with Crippen LogP contribution in [-0.4, -0.2) is 0 Å². The van der Waals surface area contributed by atoms with Crippen molar-refractivity contribution < 1.29 is 0 Å². The van der Waals surface area contributed by atoms with Crippen molar-refractivity contribution in [2.75, 3.05) is 0 Å². The van der Waals surface area contributed by atoms with E-state index in [0.717, 1.165) is 0 Å². The van der Waals surface area contributed by atoms with E-state index in [1.54, 1.807) is 0 Å². The molecule has 2 rings (SSSR count). The maximum atomic E-state index is 2.31. The van der Waals surface area contributed by atoms with E-state index in [2.05, 4.69) is 44.2 Å². The Morgan fingerprint density at radius 3 is 2.58 bits per heavy atom. The van der Waals surface area contributed by atoms with Gasteiger partial charge >= 0.3 is 0 Å². The molecule has 1 heteroatoms. The van der Waals surface area contributed by atoms with E-state index in [1.165, 1.54) is 15.3 Å². The summed E-state index contributed by atoms with van der Waals surface area (Å²) in [5.74, 6) is 0.545. The van der Waals surface area contributed by atoms with Crippen LogP contribution in [0.5, 0.6) is 0 Å². The van der Waals surface area contributed by atoms with E-state index in [0.29, 0.717) is 5.92 Å². The van der Waals surface area contributed by atoms with Gasteiger partial charge in [0.05, 0.1) is 0 Å². The Kier molecular flexibility index (Phi) is 1.89. The molecule has 0 fully saturated rings. The Morgan fingerprint density at radius 2 is 2.08 bits per heavy atom. The number of rotatable bonds is 1. The third-order valence-electron chi connectivity index (χ3n) is 2.10. The predicted molar refractivity (Wildman–Crippen MR) is 54.7 cm³/mol. The van der Waals surface area contributed by atoms with Crippen LogP contribution in [0.2, 0.25) is 0 Å². The van der Waals surface area contributed by atoms with Gasteiger partial charge < -0.3 is 0 Å². The van der Waals surface area contributed by atoms with Crippen LogP contribution < -0.4 is 0 Å². The van der Waals surface area contributed by atoms with Gasteiger partial charge in [0.1, 0.15) is 0 Å². The van der Waals surface area contributed by atoms with Crippen LogP contribution in [0.15, 0.2) is 35.9 Å². The molecule has 1 heterocycles. The predicted octanol–water partition coefficient (Wildman–Crippen LogP) is 3.66. The molecule has 0 spiro atoms. The highest BCUT2D eigenvalue weighted by molar-refractivity contribution is 7.12. The molecule has 1 aliphatic rings. The second-order valence-corrected chi connectivity index (χ2v) is 4.56. The smallest absolute Gasteiger partial charge is 0.0302 e. The number of allylic oxidation sites excluding steroid dienone is 4. The number of hydrogen-bond donors (Lipinski definition) is 0. The molecular weight excluding hydrogens is 164 g/mol. The molecule has 1 aromatic rings. The van der Waals surface area contributed by atoms with Crippen LogP contribution >= 0.6 is 11.3 Å². The fraction of sp³-hybridized carbons (Fsp3) is 0.273. The molecule has 1 unspecified atom stereocenters. The fourth-order valence-corrected chi connectivity index (χ4v) is 2.39. The number of thiophene rings is 1. The van der Waals surface area contributed by atoms with Crippen LogP contribution in [0.1, 0.15) is 22.6 Å². The average molecular weight is 176 g/mol. The molecule has 0 radical (unpaired) electrons. The first-order valence-electron chi connectivity index (χ1n) is 4.18. The minimum atomic E-state index is 0.545. The van der Waals surface area contributed by atoms with E-state index >= 15 is 0 Å². The molecule has 0 aliphatic heterocycles. The highest BCUT2D eigenvalue weighted by atomic mass is 32.1. The van der Waals surface area contributed by atoms with E-state index in [9.17, 15) is 0 Å². The summed E-state index contributed by atoms with van der Waals surface area (Å²) in [6.07, 6.45) is 6.77. The topological polar surface area (TPSA) is 0 Å². The standard InChI is InChI=1S/C11H12S/c1-8-3-5-10(7-8)11-6-4-9(2)12-11/h3-7,10H,1-2H3. The van der Waals surface area contributed by atoms with Gasteiger partial charge in [0.15, 0.2) is 0 Å². The van der Waals surface area contributed by atoms with Crippen molar-refractivity contribution in [3.05, 3.63) is 45.7 Å². The third-order valence-corrected chi connectivity index (χ3v) is 3.20. The molecule has 0 aromatic carbocycles. The highest BCUT2D eigenvalue weighted by Crippen LogP contribution is 2.30. The van der Waals surface area contributed by atoms with E-state index < -0.39 is 0 Å². The summed E-state index contributed by atoms with van der Waals surface area (Å²) < 4.78 is 0. The summed E-state index contributed by atoms with van der Waals surface area (Å²) in [4.78, 5) is 2.86. The molecule has 0 saturated carbocycles. The van der Waals surface area contributed by atoms with Gasteiger partial charge in [-0.05, 0) is 26.0 Å². The number of aryl methyl sites for hydroxylation is 1. The minimum absolute atomic E-state index is 0.545. The Morgan fingerprint density at radius 1 is 1.25 bits per heavy atom. The molecule has 1 aliphatic carbocycles. The second-order valence-electron chi connectivity index (χ2n) is 3.24. The lowest BCUT2D eigenvalue weighted by molar-refractivity contribution is 1.14. The Balaban J connectivity index is 2.28. The maximum Gasteiger partial charge on any atom is 0.0302 e. The first kappa shape index (κ1) is 7.81. The molecule has 0 bridgehead atoms. The van der Waals surface area contributed by atoms with Crippen molar-refractivity contribution in [1.29, 1.82) is 0 Å². The van der Waals surface area contributed by atoms with Gasteiger partial charge in [-0.3, -0.25) is 0 Å². The summed E-state index contributed by atoms with van der Waals surface area (Å²) >= 11 is 1.89. The number of hydrogen-bond acceptors (Lipinski definition) is 1. The average Bonchev–Trinajstić information content (AvgIpc) is 2.58. The normalized spacial score (nSPS) is 21.5. The van der Waals surface area contributed by atoms with Crippen molar-refractivity contribution in [3.8, 4) is 0 Å². The summed E-state index contributed by atoms with van der Waals surface area (Å²) in [6, 6.07) is 4.42. The molecule has 62 valence electrons. The lowest BCUT2D eigenvalue weighted by Gasteiger charge is -1.99. The third kappa shape index (κ3) is 1.37. The van der Waals surface area contributed by atoms with Gasteiger partial charge in [-0.1, -0.05) is 23.8 Å². The SMILES string of the molecule is CC1=CC(c2ccc(C)s2)C=C1. The van der Waals surface area contributed by atoms with Crippen molar-refractivity contribution in [1.82, 2.24) is 0 Å². The first-order valence-corrected chi connectivity index (χ1v) is 5.00. The summed E-state index contributed by atoms with van der Waals surface area (Å²) in [6.45, 7) is 4.31. The molecule has 0 N–H and O–H groups in total. The zero-order valence-corrected chi connectivity index (χ0v) is 8.19. The molecular formula is C11H12S. The Hall–Kier alpha value is -0.820. The lowest BCUT2D eigenvalue weighted by atomic mass is 10.1. The second kappa shape index (κ2) is 2.91. The van der Waals surface area contributed by atoms with Crippen molar-refractivity contribution in [2.45, 2.75) is 19.8 Å². The van der Waals surface area contributed by atoms with Gasteiger partial charge in [0, 0.05) is 15.7 Å². The molecule has 0 nitrogen and oxygen atoms in total. The van der Waals surface area contributed by atoms with Gasteiger partial charge in [-0.2, -0.15) is 0 Å². The lowest BCUT2D eigenvalue weighted by Crippen LogP contribution is -1.81. The maximum absolute atomic E-state index is 2.31. The van der Waals surface area contributed by atoms with Crippen LogP contribution in [-0.2, 0) is 0 Å². The van der Waals surface area contributed by atoms with Gasteiger partial charge in [0.25, 0.3) is 0 Å². The van der Waals surface area contributed by atoms with Crippen molar-refractivity contribution >= 4 is 11.3 Å². The van der Waals surface area contributed by atoms with Gasteiger partial charge in [0.2, 0.25) is 0 Å². The molecule has 1 aromatic heterocycles. The Labute approximate surface area is 77.2 Å². The van der Waals surface area contributed by atoms with Crippen LogP contribution in [0, 0.1) is 6.92 Å². The van der Waals surface area contributed by atoms with Gasteiger partial charge in [-0.15, -0.1) is 11.3 Å². The summed E-state index contributed by atoms with van der Waals surface area (Å²) in [7, 11) is 0. The molecule has 0 saturated heterocycles. The van der Waals surface area contributed by atoms with Crippen LogP contribution in [0.4, 0.5) is 0 Å². The molecule has 1 atom stereocenters. The summed E-state index contributed by atoms with van der Waals surface area (Å²) in [5, 5.41) is 0. The first-order chi connectivity index (χ1) is 5.75. The summed E-state index contributed by atoms with van der Waals surface area (Å²) in [5.41, 5.74) is 1.38. The monoisotopic (exact) mass is 176 g/mol. The zero-order valence-electron chi connectivity index (χ0n) is 7.37. The largest absolute Gasteiger partial charge is 0.145 e. The fourth-order valence-electron chi connectivity index (χ4n) is 1.46. The zero-order chi connectivity index (χ0) is 8.55. The van der Waals surface area contributed by atoms with Gasteiger partial charge in [-0.25, -0.2) is 0 Å². The highest BCUT2D eigenvalue weighted by Gasteiger charge is 2.10. The van der Waals surface area contributed by atoms with E-state index in [4.69, 9.17) is 0 Å². The van der Waals surface area contributed by atoms with Crippen molar-refractivity contribution in [3.63, 3.8) is 0 Å². The quantitative estimate of drug-likeness (QED) is 0.612. The van der Waals surface area contributed by atoms with E-state index in [1.807, 2.05) is 11.3 Å². The van der Waals surface area contributed by atoms with E-state index in [-0.39, 0.29) is 0 Å². The molecule has 12 heavy (non-hydrogen) atoms. The molecule has 0 amide bonds. The van der Waals surface area contributed by atoms with Crippen molar-refractivity contribution in [2.24, 2.45) is 0 Å².